The van der Waals surface area contributed by atoms with Gasteiger partial charge in [0.05, 0.1) is 6.04 Å². The number of likely N-dealkylation sites (tertiary alicyclic amines) is 1. The quantitative estimate of drug-likeness (QED) is 0.813. The molecule has 1 saturated heterocycles. The average Bonchev–Trinajstić information content (AvgIpc) is 2.94. The normalized spacial score (nSPS) is 29.6. The van der Waals surface area contributed by atoms with E-state index < -0.39 is 0 Å². The molecule has 2 atom stereocenters. The Morgan fingerprint density at radius 1 is 1.19 bits per heavy atom. The van der Waals surface area contributed by atoms with Crippen molar-refractivity contribution >= 4 is 0 Å². The second-order valence-electron chi connectivity index (χ2n) is 4.99. The predicted molar refractivity (Wildman–Crippen MR) is 66.5 cm³/mol. The number of nitrogens with one attached hydrogen (secondary N) is 1. The fraction of sp³-hybridized carbons (Fsp3) is 0.571. The standard InChI is InChI=1S/C14H20N2/c1-15-13-10-11-6-2-3-7-12(11)14(13)16-8-4-5-9-16/h2-3,6-7,13-15H,4-5,8-10H2,1H3/t13-,14-/m1/s1. The van der Waals surface area contributed by atoms with Crippen molar-refractivity contribution < 1.29 is 0 Å². The Labute approximate surface area is 97.6 Å². The third-order valence-electron chi connectivity index (χ3n) is 4.10. The summed E-state index contributed by atoms with van der Waals surface area (Å²) in [6.07, 6.45) is 3.93. The Hall–Kier alpha value is -0.860. The Bertz CT molecular complexity index is 367. The van der Waals surface area contributed by atoms with Crippen LogP contribution in [0.2, 0.25) is 0 Å². The van der Waals surface area contributed by atoms with E-state index in [2.05, 4.69) is 41.5 Å². The SMILES string of the molecule is CN[C@@H]1Cc2ccccc2[C@H]1N1CCCC1. The van der Waals surface area contributed by atoms with E-state index in [1.807, 2.05) is 0 Å². The van der Waals surface area contributed by atoms with Gasteiger partial charge in [-0.25, -0.2) is 0 Å². The molecule has 0 amide bonds. The van der Waals surface area contributed by atoms with Gasteiger partial charge >= 0.3 is 0 Å². The van der Waals surface area contributed by atoms with Crippen LogP contribution in [0.3, 0.4) is 0 Å². The second-order valence-corrected chi connectivity index (χ2v) is 4.99. The van der Waals surface area contributed by atoms with Crippen LogP contribution < -0.4 is 5.32 Å². The highest BCUT2D eigenvalue weighted by atomic mass is 15.2. The molecule has 1 aliphatic carbocycles. The lowest BCUT2D eigenvalue weighted by Gasteiger charge is -2.29. The summed E-state index contributed by atoms with van der Waals surface area (Å²) in [4.78, 5) is 2.66. The topological polar surface area (TPSA) is 15.3 Å². The van der Waals surface area contributed by atoms with Gasteiger partial charge in [0.1, 0.15) is 0 Å². The number of hydrogen-bond acceptors (Lipinski definition) is 2. The third-order valence-corrected chi connectivity index (χ3v) is 4.10. The van der Waals surface area contributed by atoms with Crippen molar-refractivity contribution in [2.75, 3.05) is 20.1 Å². The van der Waals surface area contributed by atoms with Crippen LogP contribution in [0.15, 0.2) is 24.3 Å². The molecule has 0 spiro atoms. The Balaban J connectivity index is 1.94. The molecule has 1 aromatic carbocycles. The van der Waals surface area contributed by atoms with E-state index in [-0.39, 0.29) is 0 Å². The number of benzene rings is 1. The van der Waals surface area contributed by atoms with E-state index in [9.17, 15) is 0 Å². The molecule has 1 aliphatic heterocycles. The molecule has 2 nitrogen and oxygen atoms in total. The van der Waals surface area contributed by atoms with Crippen molar-refractivity contribution in [2.45, 2.75) is 31.3 Å². The molecule has 0 saturated carbocycles. The van der Waals surface area contributed by atoms with Crippen LogP contribution in [0.1, 0.15) is 30.0 Å². The Morgan fingerprint density at radius 2 is 1.94 bits per heavy atom. The minimum atomic E-state index is 0.607. The zero-order valence-corrected chi connectivity index (χ0v) is 9.95. The molecule has 1 heterocycles. The van der Waals surface area contributed by atoms with Crippen molar-refractivity contribution in [3.05, 3.63) is 35.4 Å². The predicted octanol–water partition coefficient (Wildman–Crippen LogP) is 1.97. The fourth-order valence-electron chi connectivity index (χ4n) is 3.30. The zero-order valence-electron chi connectivity index (χ0n) is 9.95. The van der Waals surface area contributed by atoms with Crippen molar-refractivity contribution in [1.82, 2.24) is 10.2 Å². The monoisotopic (exact) mass is 216 g/mol. The maximum Gasteiger partial charge on any atom is 0.0507 e. The first-order valence-corrected chi connectivity index (χ1v) is 6.39. The number of fused-ring (bicyclic) bond motifs is 1. The molecule has 0 radical (unpaired) electrons. The summed E-state index contributed by atoms with van der Waals surface area (Å²) in [6.45, 7) is 2.55. The van der Waals surface area contributed by atoms with E-state index in [1.165, 1.54) is 32.4 Å². The lowest BCUT2D eigenvalue weighted by Crippen LogP contribution is -2.39. The highest BCUT2D eigenvalue weighted by Gasteiger charge is 2.36. The largest absolute Gasteiger partial charge is 0.315 e. The van der Waals surface area contributed by atoms with Crippen molar-refractivity contribution in [3.8, 4) is 0 Å². The minimum Gasteiger partial charge on any atom is -0.315 e. The Kier molecular flexibility index (Phi) is 2.70. The van der Waals surface area contributed by atoms with Gasteiger partial charge in [-0.3, -0.25) is 4.90 Å². The van der Waals surface area contributed by atoms with E-state index in [1.54, 1.807) is 11.1 Å². The summed E-state index contributed by atoms with van der Waals surface area (Å²) >= 11 is 0. The molecule has 1 N–H and O–H groups in total. The molecule has 1 aromatic rings. The molecule has 3 rings (SSSR count). The number of nitrogens with zero attached hydrogens (tertiary/aromatic N) is 1. The van der Waals surface area contributed by atoms with E-state index in [4.69, 9.17) is 0 Å². The molecule has 86 valence electrons. The van der Waals surface area contributed by atoms with Crippen LogP contribution in [0, 0.1) is 0 Å². The lowest BCUT2D eigenvalue weighted by atomic mass is 10.1. The van der Waals surface area contributed by atoms with Crippen LogP contribution in [-0.2, 0) is 6.42 Å². The van der Waals surface area contributed by atoms with Gasteiger partial charge in [-0.05, 0) is 50.5 Å². The number of hydrogen-bond donors (Lipinski definition) is 1. The van der Waals surface area contributed by atoms with Gasteiger partial charge < -0.3 is 5.32 Å². The molecule has 0 aromatic heterocycles. The average molecular weight is 216 g/mol. The van der Waals surface area contributed by atoms with E-state index >= 15 is 0 Å². The second kappa shape index (κ2) is 4.19. The highest BCUT2D eigenvalue weighted by molar-refractivity contribution is 5.37. The summed E-state index contributed by atoms with van der Waals surface area (Å²) in [7, 11) is 2.10. The molecule has 1 fully saturated rings. The van der Waals surface area contributed by atoms with E-state index in [0.29, 0.717) is 12.1 Å². The van der Waals surface area contributed by atoms with Crippen molar-refractivity contribution in [1.29, 1.82) is 0 Å². The number of rotatable bonds is 2. The van der Waals surface area contributed by atoms with Crippen molar-refractivity contribution in [2.24, 2.45) is 0 Å². The minimum absolute atomic E-state index is 0.607. The molecular weight excluding hydrogens is 196 g/mol. The first-order valence-electron chi connectivity index (χ1n) is 6.39. The summed E-state index contributed by atoms with van der Waals surface area (Å²) in [5.74, 6) is 0. The van der Waals surface area contributed by atoms with Gasteiger partial charge in [0, 0.05) is 6.04 Å². The third kappa shape index (κ3) is 1.57. The molecule has 2 heteroatoms. The molecule has 0 bridgehead atoms. The molecule has 0 unspecified atom stereocenters. The molecular formula is C14H20N2. The van der Waals surface area contributed by atoms with E-state index in [0.717, 1.165) is 0 Å². The summed E-state index contributed by atoms with van der Waals surface area (Å²) < 4.78 is 0. The van der Waals surface area contributed by atoms with Crippen LogP contribution in [-0.4, -0.2) is 31.1 Å². The summed E-state index contributed by atoms with van der Waals surface area (Å²) in [5.41, 5.74) is 3.10. The van der Waals surface area contributed by atoms with Gasteiger partial charge in [-0.1, -0.05) is 24.3 Å². The highest BCUT2D eigenvalue weighted by Crippen LogP contribution is 2.37. The maximum absolute atomic E-state index is 3.50. The summed E-state index contributed by atoms with van der Waals surface area (Å²) in [5, 5.41) is 3.50. The smallest absolute Gasteiger partial charge is 0.0507 e. The maximum atomic E-state index is 3.50. The lowest BCUT2D eigenvalue weighted by molar-refractivity contribution is 0.210. The van der Waals surface area contributed by atoms with Crippen molar-refractivity contribution in [3.63, 3.8) is 0 Å². The van der Waals surface area contributed by atoms with Gasteiger partial charge in [-0.2, -0.15) is 0 Å². The fourth-order valence-corrected chi connectivity index (χ4v) is 3.30. The van der Waals surface area contributed by atoms with Gasteiger partial charge in [0.15, 0.2) is 0 Å². The van der Waals surface area contributed by atoms with Gasteiger partial charge in [-0.15, -0.1) is 0 Å². The van der Waals surface area contributed by atoms with Gasteiger partial charge in [0.2, 0.25) is 0 Å². The van der Waals surface area contributed by atoms with Crippen LogP contribution in [0.25, 0.3) is 0 Å². The van der Waals surface area contributed by atoms with Crippen LogP contribution >= 0.6 is 0 Å². The molecule has 2 aliphatic rings. The zero-order chi connectivity index (χ0) is 11.0. The Morgan fingerprint density at radius 3 is 2.69 bits per heavy atom. The molecule has 16 heavy (non-hydrogen) atoms. The summed E-state index contributed by atoms with van der Waals surface area (Å²) in [6, 6.07) is 10.2. The van der Waals surface area contributed by atoms with Crippen LogP contribution in [0.4, 0.5) is 0 Å². The first-order chi connectivity index (χ1) is 7.90. The first kappa shape index (κ1) is 10.3. The van der Waals surface area contributed by atoms with Gasteiger partial charge in [0.25, 0.3) is 0 Å². The number of likely N-dealkylation sites (N-methyl/N-ethyl adjacent to an activating group) is 1. The van der Waals surface area contributed by atoms with Crippen LogP contribution in [0.5, 0.6) is 0 Å².